The van der Waals surface area contributed by atoms with Crippen LogP contribution < -0.4 is 5.43 Å². The minimum absolute atomic E-state index is 0.0599. The van der Waals surface area contributed by atoms with Crippen LogP contribution in [-0.2, 0) is 6.42 Å². The quantitative estimate of drug-likeness (QED) is 0.858. The smallest absolute Gasteiger partial charge is 0.189 e. The Labute approximate surface area is 94.5 Å². The van der Waals surface area contributed by atoms with Crippen molar-refractivity contribution in [2.45, 2.75) is 6.42 Å². The fraction of sp³-hybridized carbons (Fsp3) is 0.0909. The molecule has 1 aromatic heterocycles. The normalized spacial score (nSPS) is 10.1. The van der Waals surface area contributed by atoms with Crippen LogP contribution in [0.2, 0.25) is 0 Å². The third-order valence-electron chi connectivity index (χ3n) is 2.12. The number of hydrogen-bond acceptors (Lipinski definition) is 2. The largest absolute Gasteiger partial charge is 0.357 e. The molecule has 0 spiro atoms. The number of benzene rings is 1. The van der Waals surface area contributed by atoms with Gasteiger partial charge in [0.25, 0.3) is 0 Å². The van der Waals surface area contributed by atoms with E-state index in [4.69, 9.17) is 5.26 Å². The topological polar surface area (TPSA) is 56.6 Å². The lowest BCUT2D eigenvalue weighted by Crippen LogP contribution is -2.04. The van der Waals surface area contributed by atoms with E-state index in [2.05, 4.69) is 20.9 Å². The second-order valence-electron chi connectivity index (χ2n) is 3.18. The Morgan fingerprint density at radius 2 is 2.20 bits per heavy atom. The first kappa shape index (κ1) is 9.94. The number of nitrogens with zero attached hydrogens (tertiary/aromatic N) is 1. The third kappa shape index (κ3) is 1.92. The summed E-state index contributed by atoms with van der Waals surface area (Å²) in [4.78, 5) is 14.7. The molecule has 1 heterocycles. The molecule has 74 valence electrons. The van der Waals surface area contributed by atoms with E-state index in [0.29, 0.717) is 11.1 Å². The van der Waals surface area contributed by atoms with E-state index in [0.717, 1.165) is 9.99 Å². The van der Waals surface area contributed by atoms with Gasteiger partial charge in [-0.1, -0.05) is 15.9 Å². The SMILES string of the molecule is N#CCc1cc(=O)c2cc(Br)ccc2[nH]1. The van der Waals surface area contributed by atoms with Gasteiger partial charge in [0.2, 0.25) is 0 Å². The van der Waals surface area contributed by atoms with Crippen LogP contribution in [0.1, 0.15) is 5.69 Å². The molecule has 0 aliphatic carbocycles. The van der Waals surface area contributed by atoms with E-state index in [1.165, 1.54) is 6.07 Å². The number of aromatic amines is 1. The maximum absolute atomic E-state index is 11.7. The predicted molar refractivity (Wildman–Crippen MR) is 61.6 cm³/mol. The molecule has 0 saturated carbocycles. The van der Waals surface area contributed by atoms with Gasteiger partial charge in [0, 0.05) is 27.1 Å². The van der Waals surface area contributed by atoms with E-state index in [-0.39, 0.29) is 11.8 Å². The van der Waals surface area contributed by atoms with Crippen molar-refractivity contribution in [2.75, 3.05) is 0 Å². The molecule has 3 nitrogen and oxygen atoms in total. The van der Waals surface area contributed by atoms with Gasteiger partial charge in [-0.05, 0) is 18.2 Å². The maximum Gasteiger partial charge on any atom is 0.189 e. The molecule has 0 aliphatic rings. The Hall–Kier alpha value is -1.60. The maximum atomic E-state index is 11.7. The van der Waals surface area contributed by atoms with Gasteiger partial charge in [0.05, 0.1) is 12.5 Å². The molecular formula is C11H7BrN2O. The zero-order valence-corrected chi connectivity index (χ0v) is 9.34. The number of pyridine rings is 1. The monoisotopic (exact) mass is 262 g/mol. The van der Waals surface area contributed by atoms with Gasteiger partial charge in [-0.15, -0.1) is 0 Å². The lowest BCUT2D eigenvalue weighted by Gasteiger charge is -2.01. The molecule has 0 amide bonds. The molecule has 0 aliphatic heterocycles. The fourth-order valence-electron chi connectivity index (χ4n) is 1.45. The van der Waals surface area contributed by atoms with E-state index < -0.39 is 0 Å². The van der Waals surface area contributed by atoms with Crippen LogP contribution in [0.3, 0.4) is 0 Å². The van der Waals surface area contributed by atoms with Crippen LogP contribution in [0.5, 0.6) is 0 Å². The highest BCUT2D eigenvalue weighted by atomic mass is 79.9. The molecule has 0 radical (unpaired) electrons. The van der Waals surface area contributed by atoms with Gasteiger partial charge in [0.15, 0.2) is 5.43 Å². The van der Waals surface area contributed by atoms with Crippen LogP contribution in [0.25, 0.3) is 10.9 Å². The summed E-state index contributed by atoms with van der Waals surface area (Å²) in [5.74, 6) is 0. The van der Waals surface area contributed by atoms with Crippen LogP contribution >= 0.6 is 15.9 Å². The van der Waals surface area contributed by atoms with E-state index in [1.807, 2.05) is 18.2 Å². The van der Waals surface area contributed by atoms with Gasteiger partial charge in [-0.2, -0.15) is 5.26 Å². The number of H-pyrrole nitrogens is 1. The zero-order valence-electron chi connectivity index (χ0n) is 7.75. The third-order valence-corrected chi connectivity index (χ3v) is 2.61. The molecule has 4 heteroatoms. The van der Waals surface area contributed by atoms with Crippen molar-refractivity contribution in [3.05, 3.63) is 44.7 Å². The molecular weight excluding hydrogens is 256 g/mol. The summed E-state index contributed by atoms with van der Waals surface area (Å²) in [5, 5.41) is 9.18. The molecule has 15 heavy (non-hydrogen) atoms. The van der Waals surface area contributed by atoms with Gasteiger partial charge >= 0.3 is 0 Å². The number of aromatic nitrogens is 1. The number of rotatable bonds is 1. The molecule has 0 unspecified atom stereocenters. The molecule has 2 rings (SSSR count). The van der Waals surface area contributed by atoms with Gasteiger partial charge < -0.3 is 4.98 Å². The second-order valence-corrected chi connectivity index (χ2v) is 4.10. The standard InChI is InChI=1S/C11H7BrN2O/c12-7-1-2-10-9(5-7)11(15)6-8(14-10)3-4-13/h1-2,5-6H,3H2,(H,14,15). The highest BCUT2D eigenvalue weighted by Crippen LogP contribution is 2.15. The van der Waals surface area contributed by atoms with Crippen molar-refractivity contribution in [1.82, 2.24) is 4.98 Å². The summed E-state index contributed by atoms with van der Waals surface area (Å²) in [6.07, 6.45) is 0.223. The Morgan fingerprint density at radius 3 is 2.93 bits per heavy atom. The highest BCUT2D eigenvalue weighted by Gasteiger charge is 2.02. The first-order valence-electron chi connectivity index (χ1n) is 4.39. The van der Waals surface area contributed by atoms with Crippen molar-refractivity contribution in [3.8, 4) is 6.07 Å². The summed E-state index contributed by atoms with van der Waals surface area (Å²) >= 11 is 3.31. The van der Waals surface area contributed by atoms with Crippen LogP contribution in [0.15, 0.2) is 33.5 Å². The van der Waals surface area contributed by atoms with E-state index in [9.17, 15) is 4.79 Å². The first-order chi connectivity index (χ1) is 7.20. The van der Waals surface area contributed by atoms with Crippen LogP contribution in [0.4, 0.5) is 0 Å². The fourth-order valence-corrected chi connectivity index (χ4v) is 1.82. The van der Waals surface area contributed by atoms with Crippen molar-refractivity contribution in [2.24, 2.45) is 0 Å². The minimum atomic E-state index is -0.0599. The first-order valence-corrected chi connectivity index (χ1v) is 5.18. The van der Waals surface area contributed by atoms with Crippen LogP contribution in [0, 0.1) is 11.3 Å². The summed E-state index contributed by atoms with van der Waals surface area (Å²) in [5.41, 5.74) is 1.35. The minimum Gasteiger partial charge on any atom is -0.357 e. The molecule has 2 aromatic rings. The van der Waals surface area contributed by atoms with E-state index in [1.54, 1.807) is 6.07 Å². The Morgan fingerprint density at radius 1 is 1.40 bits per heavy atom. The molecule has 1 N–H and O–H groups in total. The number of nitriles is 1. The summed E-state index contributed by atoms with van der Waals surface area (Å²) in [6, 6.07) is 8.92. The summed E-state index contributed by atoms with van der Waals surface area (Å²) < 4.78 is 0.869. The van der Waals surface area contributed by atoms with Crippen molar-refractivity contribution in [1.29, 1.82) is 5.26 Å². The highest BCUT2D eigenvalue weighted by molar-refractivity contribution is 9.10. The van der Waals surface area contributed by atoms with Gasteiger partial charge in [-0.3, -0.25) is 4.79 Å². The van der Waals surface area contributed by atoms with Gasteiger partial charge in [-0.25, -0.2) is 0 Å². The Kier molecular flexibility index (Phi) is 2.57. The van der Waals surface area contributed by atoms with E-state index >= 15 is 0 Å². The van der Waals surface area contributed by atoms with Crippen LogP contribution in [-0.4, -0.2) is 4.98 Å². The molecule has 0 bridgehead atoms. The lowest BCUT2D eigenvalue weighted by molar-refractivity contribution is 1.14. The zero-order chi connectivity index (χ0) is 10.8. The van der Waals surface area contributed by atoms with Crippen molar-refractivity contribution < 1.29 is 0 Å². The second kappa shape index (κ2) is 3.87. The Balaban J connectivity index is 2.74. The number of fused-ring (bicyclic) bond motifs is 1. The average Bonchev–Trinajstić information content (AvgIpc) is 2.20. The molecule has 0 atom stereocenters. The Bertz CT molecular complexity index is 610. The van der Waals surface area contributed by atoms with Crippen molar-refractivity contribution in [3.63, 3.8) is 0 Å². The number of halogens is 1. The predicted octanol–water partition coefficient (Wildman–Crippen LogP) is 2.36. The van der Waals surface area contributed by atoms with Gasteiger partial charge in [0.1, 0.15) is 0 Å². The molecule has 0 fully saturated rings. The molecule has 1 aromatic carbocycles. The summed E-state index contributed by atoms with van der Waals surface area (Å²) in [6.45, 7) is 0. The molecule has 0 saturated heterocycles. The number of hydrogen-bond donors (Lipinski definition) is 1. The lowest BCUT2D eigenvalue weighted by atomic mass is 10.2. The average molecular weight is 263 g/mol. The number of nitrogens with one attached hydrogen (secondary N) is 1. The van der Waals surface area contributed by atoms with Crippen molar-refractivity contribution >= 4 is 26.8 Å². The summed E-state index contributed by atoms with van der Waals surface area (Å²) in [7, 11) is 0.